The van der Waals surface area contributed by atoms with Crippen LogP contribution in [0.1, 0.15) is 18.1 Å². The molecule has 0 bridgehead atoms. The van der Waals surface area contributed by atoms with E-state index in [0.29, 0.717) is 24.8 Å². The molecule has 0 aliphatic rings. The van der Waals surface area contributed by atoms with Crippen LogP contribution in [-0.2, 0) is 6.42 Å². The molecule has 158 valence electrons. The summed E-state index contributed by atoms with van der Waals surface area (Å²) in [7, 11) is 1.67. The first-order chi connectivity index (χ1) is 14.0. The zero-order valence-electron chi connectivity index (χ0n) is 17.2. The Bertz CT molecular complexity index is 781. The van der Waals surface area contributed by atoms with Gasteiger partial charge in [-0.05, 0) is 61.7 Å². The highest BCUT2D eigenvalue weighted by Crippen LogP contribution is 2.19. The Morgan fingerprint density at radius 3 is 2.62 bits per heavy atom. The molecule has 2 rings (SSSR count). The van der Waals surface area contributed by atoms with Crippen molar-refractivity contribution in [2.75, 3.05) is 33.4 Å². The summed E-state index contributed by atoms with van der Waals surface area (Å²) in [5, 5.41) is 16.5. The average molecular weight is 403 g/mol. The van der Waals surface area contributed by atoms with E-state index < -0.39 is 6.10 Å². The summed E-state index contributed by atoms with van der Waals surface area (Å²) in [4.78, 5) is 4.40. The molecule has 0 spiro atoms. The van der Waals surface area contributed by atoms with E-state index in [1.807, 2.05) is 26.0 Å². The normalized spacial score (nSPS) is 12.4. The highest BCUT2D eigenvalue weighted by molar-refractivity contribution is 5.79. The van der Waals surface area contributed by atoms with E-state index in [9.17, 15) is 9.50 Å². The van der Waals surface area contributed by atoms with Gasteiger partial charge in [-0.2, -0.15) is 0 Å². The van der Waals surface area contributed by atoms with Gasteiger partial charge in [0.1, 0.15) is 30.0 Å². The molecular formula is C22H30FN3O3. The molecule has 0 aliphatic carbocycles. The fraction of sp³-hybridized carbons (Fsp3) is 0.409. The minimum Gasteiger partial charge on any atom is -0.496 e. The van der Waals surface area contributed by atoms with E-state index >= 15 is 0 Å². The van der Waals surface area contributed by atoms with Crippen molar-refractivity contribution in [3.8, 4) is 11.5 Å². The maximum absolute atomic E-state index is 12.9. The lowest BCUT2D eigenvalue weighted by Gasteiger charge is -2.14. The van der Waals surface area contributed by atoms with Gasteiger partial charge < -0.3 is 25.2 Å². The number of rotatable bonds is 10. The third-order valence-corrected chi connectivity index (χ3v) is 4.24. The summed E-state index contributed by atoms with van der Waals surface area (Å²) in [6, 6.07) is 11.9. The Hall–Kier alpha value is -2.80. The smallest absolute Gasteiger partial charge is 0.191 e. The molecule has 0 aliphatic heterocycles. The van der Waals surface area contributed by atoms with Crippen LogP contribution >= 0.6 is 0 Å². The van der Waals surface area contributed by atoms with Crippen LogP contribution in [-0.4, -0.2) is 50.5 Å². The average Bonchev–Trinajstić information content (AvgIpc) is 2.72. The quantitative estimate of drug-likeness (QED) is 0.420. The molecule has 0 heterocycles. The van der Waals surface area contributed by atoms with Gasteiger partial charge >= 0.3 is 0 Å². The Morgan fingerprint density at radius 1 is 1.17 bits per heavy atom. The molecular weight excluding hydrogens is 373 g/mol. The van der Waals surface area contributed by atoms with E-state index in [2.05, 4.69) is 21.7 Å². The molecule has 2 aromatic carbocycles. The minimum absolute atomic E-state index is 0.0811. The van der Waals surface area contributed by atoms with Crippen LogP contribution in [0.4, 0.5) is 4.39 Å². The monoisotopic (exact) mass is 403 g/mol. The Morgan fingerprint density at radius 2 is 1.93 bits per heavy atom. The van der Waals surface area contributed by atoms with Crippen molar-refractivity contribution in [2.45, 2.75) is 26.4 Å². The van der Waals surface area contributed by atoms with Crippen molar-refractivity contribution in [1.29, 1.82) is 0 Å². The number of aliphatic hydroxyl groups excluding tert-OH is 1. The summed E-state index contributed by atoms with van der Waals surface area (Å²) in [5.74, 6) is 1.70. The zero-order chi connectivity index (χ0) is 21.1. The Labute approximate surface area is 171 Å². The van der Waals surface area contributed by atoms with Crippen LogP contribution < -0.4 is 20.1 Å². The second kappa shape index (κ2) is 11.9. The number of aliphatic hydroxyl groups is 1. The van der Waals surface area contributed by atoms with Gasteiger partial charge in [-0.15, -0.1) is 0 Å². The number of nitrogens with zero attached hydrogens (tertiary/aromatic N) is 1. The van der Waals surface area contributed by atoms with E-state index in [4.69, 9.17) is 9.47 Å². The third-order valence-electron chi connectivity index (χ3n) is 4.24. The molecule has 0 radical (unpaired) electrons. The lowest BCUT2D eigenvalue weighted by Crippen LogP contribution is -2.39. The molecule has 29 heavy (non-hydrogen) atoms. The van der Waals surface area contributed by atoms with Crippen molar-refractivity contribution >= 4 is 5.96 Å². The molecule has 0 amide bonds. The standard InChI is InChI=1S/C22H30FN3O3/c1-4-24-22(25-12-11-17-6-5-16(2)21(13-17)28-3)26-14-19(27)15-29-20-9-7-18(23)8-10-20/h5-10,13,19,27H,4,11-12,14-15H2,1-3H3,(H2,24,25,26). The first-order valence-electron chi connectivity index (χ1n) is 9.74. The SMILES string of the molecule is CCNC(=NCC(O)COc1ccc(F)cc1)NCCc1ccc(C)c(OC)c1. The van der Waals surface area contributed by atoms with Gasteiger partial charge in [0, 0.05) is 13.1 Å². The van der Waals surface area contributed by atoms with Crippen molar-refractivity contribution in [3.05, 3.63) is 59.4 Å². The predicted molar refractivity (Wildman–Crippen MR) is 113 cm³/mol. The summed E-state index contributed by atoms with van der Waals surface area (Å²) in [6.07, 6.45) is 0.0500. The van der Waals surface area contributed by atoms with Gasteiger partial charge in [-0.1, -0.05) is 12.1 Å². The molecule has 0 aromatic heterocycles. The number of guanidine groups is 1. The zero-order valence-corrected chi connectivity index (χ0v) is 17.2. The van der Waals surface area contributed by atoms with Gasteiger partial charge in [-0.25, -0.2) is 4.39 Å². The lowest BCUT2D eigenvalue weighted by atomic mass is 10.1. The van der Waals surface area contributed by atoms with Crippen LogP contribution in [0.3, 0.4) is 0 Å². The first-order valence-corrected chi connectivity index (χ1v) is 9.74. The molecule has 0 fully saturated rings. The molecule has 0 saturated carbocycles. The number of ether oxygens (including phenoxy) is 2. The van der Waals surface area contributed by atoms with Crippen molar-refractivity contribution in [2.24, 2.45) is 4.99 Å². The van der Waals surface area contributed by atoms with Gasteiger partial charge in [0.05, 0.1) is 13.7 Å². The number of nitrogens with one attached hydrogen (secondary N) is 2. The molecule has 3 N–H and O–H groups in total. The summed E-state index contributed by atoms with van der Waals surface area (Å²) in [6.45, 7) is 5.68. The number of aryl methyl sites for hydroxylation is 1. The third kappa shape index (κ3) is 7.99. The number of hydrogen-bond acceptors (Lipinski definition) is 4. The number of benzene rings is 2. The maximum Gasteiger partial charge on any atom is 0.191 e. The second-order valence-electron chi connectivity index (χ2n) is 6.62. The Balaban J connectivity index is 1.79. The van der Waals surface area contributed by atoms with Crippen LogP contribution in [0.15, 0.2) is 47.5 Å². The van der Waals surface area contributed by atoms with Gasteiger partial charge in [-0.3, -0.25) is 4.99 Å². The van der Waals surface area contributed by atoms with Crippen LogP contribution in [0.25, 0.3) is 0 Å². The number of hydrogen-bond donors (Lipinski definition) is 3. The molecule has 1 atom stereocenters. The van der Waals surface area contributed by atoms with Gasteiger partial charge in [0.2, 0.25) is 0 Å². The fourth-order valence-electron chi connectivity index (χ4n) is 2.66. The number of methoxy groups -OCH3 is 1. The first kappa shape index (κ1) is 22.5. The number of halogens is 1. The highest BCUT2D eigenvalue weighted by Gasteiger charge is 2.07. The molecule has 7 heteroatoms. The van der Waals surface area contributed by atoms with Crippen molar-refractivity contribution in [3.63, 3.8) is 0 Å². The summed E-state index contributed by atoms with van der Waals surface area (Å²) < 4.78 is 23.7. The van der Waals surface area contributed by atoms with Crippen molar-refractivity contribution < 1.29 is 19.0 Å². The van der Waals surface area contributed by atoms with Crippen LogP contribution in [0, 0.1) is 12.7 Å². The topological polar surface area (TPSA) is 75.1 Å². The number of aliphatic imine (C=N–C) groups is 1. The largest absolute Gasteiger partial charge is 0.496 e. The van der Waals surface area contributed by atoms with Crippen molar-refractivity contribution in [1.82, 2.24) is 10.6 Å². The second-order valence-corrected chi connectivity index (χ2v) is 6.62. The van der Waals surface area contributed by atoms with Crippen LogP contribution in [0.5, 0.6) is 11.5 Å². The molecule has 2 aromatic rings. The van der Waals surface area contributed by atoms with E-state index in [1.54, 1.807) is 7.11 Å². The summed E-state index contributed by atoms with van der Waals surface area (Å²) in [5.41, 5.74) is 2.28. The van der Waals surface area contributed by atoms with E-state index in [1.165, 1.54) is 29.8 Å². The fourth-order valence-corrected chi connectivity index (χ4v) is 2.66. The molecule has 0 saturated heterocycles. The van der Waals surface area contributed by atoms with Gasteiger partial charge in [0.25, 0.3) is 0 Å². The highest BCUT2D eigenvalue weighted by atomic mass is 19.1. The van der Waals surface area contributed by atoms with E-state index in [0.717, 1.165) is 17.7 Å². The Kier molecular flexibility index (Phi) is 9.24. The maximum atomic E-state index is 12.9. The predicted octanol–water partition coefficient (Wildman–Crippen LogP) is 2.68. The minimum atomic E-state index is -0.767. The molecule has 1 unspecified atom stereocenters. The molecule has 6 nitrogen and oxygen atoms in total. The van der Waals surface area contributed by atoms with Crippen LogP contribution in [0.2, 0.25) is 0 Å². The van der Waals surface area contributed by atoms with Gasteiger partial charge in [0.15, 0.2) is 5.96 Å². The van der Waals surface area contributed by atoms with E-state index in [-0.39, 0.29) is 19.0 Å². The lowest BCUT2D eigenvalue weighted by molar-refractivity contribution is 0.114. The summed E-state index contributed by atoms with van der Waals surface area (Å²) >= 11 is 0.